The topological polar surface area (TPSA) is 71.5 Å². The second-order valence-corrected chi connectivity index (χ2v) is 7.58. The molecule has 0 radical (unpaired) electrons. The summed E-state index contributed by atoms with van der Waals surface area (Å²) >= 11 is 2.92. The van der Waals surface area contributed by atoms with Crippen molar-refractivity contribution in [3.05, 3.63) is 35.2 Å². The first kappa shape index (κ1) is 18.3. The van der Waals surface area contributed by atoms with E-state index in [9.17, 15) is 9.59 Å². The van der Waals surface area contributed by atoms with Crippen LogP contribution in [0, 0.1) is 0 Å². The highest BCUT2D eigenvalue weighted by Gasteiger charge is 2.17. The maximum atomic E-state index is 12.4. The van der Waals surface area contributed by atoms with Gasteiger partial charge in [0.2, 0.25) is 5.91 Å². The van der Waals surface area contributed by atoms with Crippen LogP contribution in [0.1, 0.15) is 30.4 Å². The summed E-state index contributed by atoms with van der Waals surface area (Å²) in [4.78, 5) is 31.6. The highest BCUT2D eigenvalue weighted by Crippen LogP contribution is 2.35. The Morgan fingerprint density at radius 3 is 2.42 bits per heavy atom. The van der Waals surface area contributed by atoms with Gasteiger partial charge in [0.05, 0.1) is 4.70 Å². The fourth-order valence-corrected chi connectivity index (χ4v) is 4.64. The molecule has 0 bridgehead atoms. The van der Waals surface area contributed by atoms with Crippen LogP contribution >= 0.6 is 22.7 Å². The van der Waals surface area contributed by atoms with E-state index in [0.717, 1.165) is 27.8 Å². The Morgan fingerprint density at radius 2 is 1.85 bits per heavy atom. The molecule has 1 N–H and O–H groups in total. The summed E-state index contributed by atoms with van der Waals surface area (Å²) in [6, 6.07) is 8.51. The van der Waals surface area contributed by atoms with Crippen LogP contribution in [0.25, 0.3) is 9.53 Å². The number of hydrogen-bond donors (Lipinski definition) is 1. The van der Waals surface area contributed by atoms with Crippen LogP contribution in [0.5, 0.6) is 5.75 Å². The quantitative estimate of drug-likeness (QED) is 0.500. The molecule has 136 valence electrons. The van der Waals surface area contributed by atoms with Crippen LogP contribution in [0.4, 0.5) is 10.8 Å². The van der Waals surface area contributed by atoms with Crippen molar-refractivity contribution in [2.45, 2.75) is 20.8 Å². The van der Waals surface area contributed by atoms with Gasteiger partial charge in [-0.2, -0.15) is 0 Å². The molecule has 2 aromatic heterocycles. The number of thiophene rings is 1. The Kier molecular flexibility index (Phi) is 5.53. The summed E-state index contributed by atoms with van der Waals surface area (Å²) in [7, 11) is 0. The maximum absolute atomic E-state index is 12.4. The summed E-state index contributed by atoms with van der Waals surface area (Å²) in [5.41, 5.74) is 0.655. The van der Waals surface area contributed by atoms with E-state index in [2.05, 4.69) is 29.0 Å². The largest absolute Gasteiger partial charge is 0.422 e. The minimum atomic E-state index is -0.406. The lowest BCUT2D eigenvalue weighted by atomic mass is 10.3. The number of hydrogen-bond acceptors (Lipinski definition) is 7. The Labute approximate surface area is 159 Å². The van der Waals surface area contributed by atoms with E-state index >= 15 is 0 Å². The molecule has 0 saturated carbocycles. The second kappa shape index (κ2) is 7.84. The Balaban J connectivity index is 1.71. The third-order valence-electron chi connectivity index (χ3n) is 3.70. The molecule has 1 aromatic carbocycles. The zero-order valence-corrected chi connectivity index (χ0v) is 16.4. The predicted molar refractivity (Wildman–Crippen MR) is 107 cm³/mol. The van der Waals surface area contributed by atoms with Crippen LogP contribution in [0.15, 0.2) is 30.3 Å². The molecule has 3 rings (SSSR count). The minimum absolute atomic E-state index is 0.148. The van der Waals surface area contributed by atoms with Crippen molar-refractivity contribution in [1.82, 2.24) is 4.98 Å². The number of amides is 1. The van der Waals surface area contributed by atoms with Crippen molar-refractivity contribution in [2.24, 2.45) is 0 Å². The summed E-state index contributed by atoms with van der Waals surface area (Å²) < 4.78 is 6.40. The second-order valence-electron chi connectivity index (χ2n) is 5.54. The van der Waals surface area contributed by atoms with Gasteiger partial charge in [-0.05, 0) is 44.2 Å². The van der Waals surface area contributed by atoms with E-state index in [4.69, 9.17) is 4.74 Å². The molecule has 8 heteroatoms. The van der Waals surface area contributed by atoms with Gasteiger partial charge in [0.1, 0.15) is 15.5 Å². The minimum Gasteiger partial charge on any atom is -0.422 e. The molecule has 1 amide bonds. The van der Waals surface area contributed by atoms with Crippen molar-refractivity contribution >= 4 is 54.9 Å². The Morgan fingerprint density at radius 1 is 1.15 bits per heavy atom. The molecule has 0 atom stereocenters. The smallest absolute Gasteiger partial charge is 0.353 e. The number of benzene rings is 1. The van der Waals surface area contributed by atoms with Gasteiger partial charge in [0.15, 0.2) is 5.13 Å². The lowest BCUT2D eigenvalue weighted by Gasteiger charge is -2.16. The number of carbonyl (C=O) groups excluding carboxylic acids is 2. The van der Waals surface area contributed by atoms with Gasteiger partial charge in [0, 0.05) is 25.7 Å². The van der Waals surface area contributed by atoms with E-state index in [1.165, 1.54) is 18.3 Å². The van der Waals surface area contributed by atoms with Gasteiger partial charge in [-0.3, -0.25) is 4.79 Å². The zero-order chi connectivity index (χ0) is 18.7. The first-order valence-corrected chi connectivity index (χ1v) is 9.88. The molecule has 26 heavy (non-hydrogen) atoms. The van der Waals surface area contributed by atoms with Crippen molar-refractivity contribution in [3.63, 3.8) is 0 Å². The summed E-state index contributed by atoms with van der Waals surface area (Å²) in [6.45, 7) is 7.44. The number of fused-ring (bicyclic) bond motifs is 1. The van der Waals surface area contributed by atoms with E-state index in [1.54, 1.807) is 35.6 Å². The average Bonchev–Trinajstić information content (AvgIpc) is 3.16. The van der Waals surface area contributed by atoms with Crippen molar-refractivity contribution in [2.75, 3.05) is 23.3 Å². The molecule has 3 aromatic rings. The number of nitrogens with one attached hydrogen (secondary N) is 1. The fourth-order valence-electron chi connectivity index (χ4n) is 2.42. The zero-order valence-electron chi connectivity index (χ0n) is 14.7. The van der Waals surface area contributed by atoms with Crippen LogP contribution < -0.4 is 15.0 Å². The standard InChI is InChI=1S/C18H19N3O3S2/c1-4-21(5-2)18-20-16-14(26-18)10-15(25-16)17(23)24-13-8-6-12(7-9-13)19-11(3)22/h6-10H,4-5H2,1-3H3,(H,19,22). The number of ether oxygens (including phenoxy) is 1. The molecule has 0 aliphatic carbocycles. The molecular weight excluding hydrogens is 370 g/mol. The van der Waals surface area contributed by atoms with Gasteiger partial charge < -0.3 is 15.0 Å². The Hall–Kier alpha value is -2.45. The monoisotopic (exact) mass is 389 g/mol. The first-order chi connectivity index (χ1) is 12.5. The molecule has 2 heterocycles. The van der Waals surface area contributed by atoms with Crippen LogP contribution in [0.2, 0.25) is 0 Å². The molecular formula is C18H19N3O3S2. The van der Waals surface area contributed by atoms with Crippen LogP contribution in [-0.4, -0.2) is 29.9 Å². The molecule has 6 nitrogen and oxygen atoms in total. The lowest BCUT2D eigenvalue weighted by molar-refractivity contribution is -0.114. The molecule has 0 aliphatic heterocycles. The van der Waals surface area contributed by atoms with Crippen LogP contribution in [0.3, 0.4) is 0 Å². The molecule has 0 spiro atoms. The van der Waals surface area contributed by atoms with Gasteiger partial charge in [-0.25, -0.2) is 9.78 Å². The first-order valence-electron chi connectivity index (χ1n) is 8.25. The third-order valence-corrected chi connectivity index (χ3v) is 5.90. The van der Waals surface area contributed by atoms with Gasteiger partial charge in [0.25, 0.3) is 0 Å². The van der Waals surface area contributed by atoms with E-state index in [0.29, 0.717) is 16.3 Å². The van der Waals surface area contributed by atoms with Gasteiger partial charge in [-0.15, -0.1) is 11.3 Å². The Bertz CT molecular complexity index is 895. The highest BCUT2D eigenvalue weighted by atomic mass is 32.1. The number of aromatic nitrogens is 1. The van der Waals surface area contributed by atoms with E-state index in [-0.39, 0.29) is 5.91 Å². The number of thiazole rings is 1. The maximum Gasteiger partial charge on any atom is 0.353 e. The normalized spacial score (nSPS) is 10.7. The lowest BCUT2D eigenvalue weighted by Crippen LogP contribution is -2.21. The van der Waals surface area contributed by atoms with Crippen molar-refractivity contribution in [1.29, 1.82) is 0 Å². The predicted octanol–water partition coefficient (Wildman–Crippen LogP) is 4.38. The third kappa shape index (κ3) is 4.03. The number of carbonyl (C=O) groups is 2. The number of anilines is 2. The highest BCUT2D eigenvalue weighted by molar-refractivity contribution is 7.29. The SMILES string of the molecule is CCN(CC)c1nc2sc(C(=O)Oc3ccc(NC(C)=O)cc3)cc2s1. The summed E-state index contributed by atoms with van der Waals surface area (Å²) in [6.07, 6.45) is 0. The number of nitrogens with zero attached hydrogens (tertiary/aromatic N) is 2. The van der Waals surface area contributed by atoms with Crippen molar-refractivity contribution < 1.29 is 14.3 Å². The molecule has 0 fully saturated rings. The number of esters is 1. The molecule has 0 aliphatic rings. The van der Waals surface area contributed by atoms with Crippen molar-refractivity contribution in [3.8, 4) is 5.75 Å². The molecule has 0 saturated heterocycles. The average molecular weight is 390 g/mol. The van der Waals surface area contributed by atoms with Crippen LogP contribution in [-0.2, 0) is 4.79 Å². The van der Waals surface area contributed by atoms with E-state index in [1.807, 2.05) is 6.07 Å². The fraction of sp³-hybridized carbons (Fsp3) is 0.278. The summed E-state index contributed by atoms with van der Waals surface area (Å²) in [5.74, 6) is -0.125. The number of rotatable bonds is 6. The van der Waals surface area contributed by atoms with E-state index < -0.39 is 5.97 Å². The van der Waals surface area contributed by atoms with Gasteiger partial charge >= 0.3 is 5.97 Å². The molecule has 0 unspecified atom stereocenters. The summed E-state index contributed by atoms with van der Waals surface area (Å²) in [5, 5.41) is 3.64. The van der Waals surface area contributed by atoms with Gasteiger partial charge in [-0.1, -0.05) is 11.3 Å².